The normalized spacial score (nSPS) is 10.5. The standard InChI is InChI=1S/C21H20ClN3O3/c1-28-19-11-9-16(22)14-18(19)23-20(26)8-5-13-25-21(27)12-10-17(24-25)15-6-3-2-4-7-15/h2-4,6-7,9-12,14H,5,8,13H2,1H3,(H,23,26). The number of methoxy groups -OCH3 is 1. The van der Waals surface area contributed by atoms with Gasteiger partial charge in [0.05, 0.1) is 18.5 Å². The number of amides is 1. The van der Waals surface area contributed by atoms with Crippen molar-refractivity contribution in [2.75, 3.05) is 12.4 Å². The van der Waals surface area contributed by atoms with E-state index >= 15 is 0 Å². The summed E-state index contributed by atoms with van der Waals surface area (Å²) in [6, 6.07) is 17.8. The highest BCUT2D eigenvalue weighted by Crippen LogP contribution is 2.27. The monoisotopic (exact) mass is 397 g/mol. The fraction of sp³-hybridized carbons (Fsp3) is 0.190. The van der Waals surface area contributed by atoms with E-state index < -0.39 is 0 Å². The summed E-state index contributed by atoms with van der Waals surface area (Å²) in [6.45, 7) is 0.347. The number of nitrogens with zero attached hydrogens (tertiary/aromatic N) is 2. The van der Waals surface area contributed by atoms with E-state index in [2.05, 4.69) is 10.4 Å². The van der Waals surface area contributed by atoms with Gasteiger partial charge in [0.25, 0.3) is 5.56 Å². The van der Waals surface area contributed by atoms with Crippen LogP contribution < -0.4 is 15.6 Å². The fourth-order valence-corrected chi connectivity index (χ4v) is 2.92. The largest absolute Gasteiger partial charge is 0.495 e. The molecule has 3 rings (SSSR count). The molecule has 0 atom stereocenters. The van der Waals surface area contributed by atoms with Gasteiger partial charge in [-0.25, -0.2) is 4.68 Å². The summed E-state index contributed by atoms with van der Waals surface area (Å²) in [6.07, 6.45) is 0.708. The zero-order valence-corrected chi connectivity index (χ0v) is 16.1. The van der Waals surface area contributed by atoms with E-state index in [9.17, 15) is 9.59 Å². The number of benzene rings is 2. The molecule has 3 aromatic rings. The van der Waals surface area contributed by atoms with Crippen LogP contribution in [0.25, 0.3) is 11.3 Å². The SMILES string of the molecule is COc1ccc(Cl)cc1NC(=O)CCCn1nc(-c2ccccc2)ccc1=O. The maximum absolute atomic E-state index is 12.2. The van der Waals surface area contributed by atoms with Gasteiger partial charge in [-0.15, -0.1) is 0 Å². The van der Waals surface area contributed by atoms with Crippen LogP contribution in [-0.2, 0) is 11.3 Å². The second-order valence-corrected chi connectivity index (χ2v) is 6.58. The molecule has 1 heterocycles. The molecule has 0 saturated heterocycles. The summed E-state index contributed by atoms with van der Waals surface area (Å²) >= 11 is 5.97. The summed E-state index contributed by atoms with van der Waals surface area (Å²) in [5.74, 6) is 0.346. The topological polar surface area (TPSA) is 73.2 Å². The maximum Gasteiger partial charge on any atom is 0.266 e. The molecule has 28 heavy (non-hydrogen) atoms. The quantitative estimate of drug-likeness (QED) is 0.654. The number of nitrogens with one attached hydrogen (secondary N) is 1. The van der Waals surface area contributed by atoms with E-state index in [-0.39, 0.29) is 17.9 Å². The Kier molecular flexibility index (Phi) is 6.45. The van der Waals surface area contributed by atoms with Crippen molar-refractivity contribution < 1.29 is 9.53 Å². The molecular weight excluding hydrogens is 378 g/mol. The Morgan fingerprint density at radius 1 is 1.14 bits per heavy atom. The van der Waals surface area contributed by atoms with Crippen LogP contribution >= 0.6 is 11.6 Å². The zero-order chi connectivity index (χ0) is 19.9. The summed E-state index contributed by atoms with van der Waals surface area (Å²) < 4.78 is 6.60. The lowest BCUT2D eigenvalue weighted by molar-refractivity contribution is -0.116. The summed E-state index contributed by atoms with van der Waals surface area (Å²) in [4.78, 5) is 24.3. The van der Waals surface area contributed by atoms with E-state index in [1.165, 1.54) is 17.9 Å². The smallest absolute Gasteiger partial charge is 0.266 e. The highest BCUT2D eigenvalue weighted by molar-refractivity contribution is 6.31. The van der Waals surface area contributed by atoms with Crippen molar-refractivity contribution >= 4 is 23.2 Å². The van der Waals surface area contributed by atoms with Gasteiger partial charge in [-0.1, -0.05) is 41.9 Å². The molecule has 0 bridgehead atoms. The number of carbonyl (C=O) groups is 1. The van der Waals surface area contributed by atoms with Crippen LogP contribution in [0.4, 0.5) is 5.69 Å². The number of carbonyl (C=O) groups excluding carboxylic acids is 1. The van der Waals surface area contributed by atoms with Crippen LogP contribution in [0.1, 0.15) is 12.8 Å². The average Bonchev–Trinajstić information content (AvgIpc) is 2.70. The molecule has 1 aromatic heterocycles. The summed E-state index contributed by atoms with van der Waals surface area (Å²) in [5.41, 5.74) is 1.97. The third-order valence-electron chi connectivity index (χ3n) is 4.15. The second kappa shape index (κ2) is 9.19. The number of anilines is 1. The number of aryl methyl sites for hydroxylation is 1. The van der Waals surface area contributed by atoms with E-state index in [1.807, 2.05) is 30.3 Å². The first kappa shape index (κ1) is 19.6. The molecule has 0 aliphatic rings. The van der Waals surface area contributed by atoms with Crippen LogP contribution in [0.2, 0.25) is 5.02 Å². The molecule has 6 nitrogen and oxygen atoms in total. The molecule has 0 aliphatic heterocycles. The Labute approximate surface area is 167 Å². The van der Waals surface area contributed by atoms with Crippen molar-refractivity contribution in [2.45, 2.75) is 19.4 Å². The molecule has 0 fully saturated rings. The van der Waals surface area contributed by atoms with Gasteiger partial charge >= 0.3 is 0 Å². The number of hydrogen-bond donors (Lipinski definition) is 1. The van der Waals surface area contributed by atoms with E-state index in [1.54, 1.807) is 24.3 Å². The number of aromatic nitrogens is 2. The summed E-state index contributed by atoms with van der Waals surface area (Å²) in [5, 5.41) is 7.69. The molecule has 2 aromatic carbocycles. The number of hydrogen-bond acceptors (Lipinski definition) is 4. The first-order valence-electron chi connectivity index (χ1n) is 8.84. The molecule has 7 heteroatoms. The molecule has 1 amide bonds. The maximum atomic E-state index is 12.2. The Bertz CT molecular complexity index is 1020. The lowest BCUT2D eigenvalue weighted by atomic mass is 10.1. The Morgan fingerprint density at radius 2 is 1.93 bits per heavy atom. The highest BCUT2D eigenvalue weighted by atomic mass is 35.5. The van der Waals surface area contributed by atoms with Crippen molar-refractivity contribution in [2.24, 2.45) is 0 Å². The van der Waals surface area contributed by atoms with E-state index in [0.29, 0.717) is 35.1 Å². The Hall–Kier alpha value is -3.12. The first-order chi connectivity index (χ1) is 13.6. The van der Waals surface area contributed by atoms with Gasteiger partial charge in [-0.3, -0.25) is 9.59 Å². The fourth-order valence-electron chi connectivity index (χ4n) is 2.75. The third kappa shape index (κ3) is 4.98. The van der Waals surface area contributed by atoms with E-state index in [0.717, 1.165) is 5.56 Å². The van der Waals surface area contributed by atoms with Crippen LogP contribution in [0.15, 0.2) is 65.5 Å². The molecule has 0 unspecified atom stereocenters. The molecule has 0 radical (unpaired) electrons. The minimum absolute atomic E-state index is 0.187. The van der Waals surface area contributed by atoms with Crippen LogP contribution in [0.5, 0.6) is 5.75 Å². The van der Waals surface area contributed by atoms with Crippen LogP contribution in [0.3, 0.4) is 0 Å². The number of ether oxygens (including phenoxy) is 1. The average molecular weight is 398 g/mol. The number of halogens is 1. The molecule has 1 N–H and O–H groups in total. The Balaban J connectivity index is 1.61. The van der Waals surface area contributed by atoms with Gasteiger partial charge in [-0.2, -0.15) is 5.10 Å². The van der Waals surface area contributed by atoms with Gasteiger partial charge in [0, 0.05) is 29.6 Å². The lowest BCUT2D eigenvalue weighted by Gasteiger charge is -2.11. The minimum atomic E-state index is -0.198. The van der Waals surface area contributed by atoms with Crippen molar-refractivity contribution in [3.8, 4) is 17.0 Å². The predicted molar refractivity (Wildman–Crippen MR) is 110 cm³/mol. The second-order valence-electron chi connectivity index (χ2n) is 6.14. The predicted octanol–water partition coefficient (Wildman–Crippen LogP) is 3.99. The van der Waals surface area contributed by atoms with Gasteiger partial charge in [0.1, 0.15) is 5.75 Å². The van der Waals surface area contributed by atoms with Crippen molar-refractivity contribution in [1.29, 1.82) is 0 Å². The van der Waals surface area contributed by atoms with Gasteiger partial charge in [0.15, 0.2) is 0 Å². The highest BCUT2D eigenvalue weighted by Gasteiger charge is 2.09. The van der Waals surface area contributed by atoms with Gasteiger partial charge < -0.3 is 10.1 Å². The van der Waals surface area contributed by atoms with Crippen LogP contribution in [0, 0.1) is 0 Å². The van der Waals surface area contributed by atoms with E-state index in [4.69, 9.17) is 16.3 Å². The van der Waals surface area contributed by atoms with Crippen molar-refractivity contribution in [1.82, 2.24) is 9.78 Å². The van der Waals surface area contributed by atoms with Crippen molar-refractivity contribution in [3.05, 3.63) is 76.0 Å². The molecule has 0 aliphatic carbocycles. The number of rotatable bonds is 7. The van der Waals surface area contributed by atoms with Crippen molar-refractivity contribution in [3.63, 3.8) is 0 Å². The third-order valence-corrected chi connectivity index (χ3v) is 4.38. The zero-order valence-electron chi connectivity index (χ0n) is 15.4. The molecule has 0 spiro atoms. The van der Waals surface area contributed by atoms with Gasteiger partial charge in [-0.05, 0) is 30.7 Å². The molecule has 144 valence electrons. The Morgan fingerprint density at radius 3 is 2.68 bits per heavy atom. The minimum Gasteiger partial charge on any atom is -0.495 e. The summed E-state index contributed by atoms with van der Waals surface area (Å²) in [7, 11) is 1.52. The van der Waals surface area contributed by atoms with Gasteiger partial charge in [0.2, 0.25) is 5.91 Å². The lowest BCUT2D eigenvalue weighted by Crippen LogP contribution is -2.23. The first-order valence-corrected chi connectivity index (χ1v) is 9.21. The van der Waals surface area contributed by atoms with Crippen LogP contribution in [-0.4, -0.2) is 22.8 Å². The molecule has 0 saturated carbocycles. The molecular formula is C21H20ClN3O3.